The lowest BCUT2D eigenvalue weighted by Crippen LogP contribution is -2.49. The van der Waals surface area contributed by atoms with Gasteiger partial charge in [-0.2, -0.15) is 4.80 Å². The van der Waals surface area contributed by atoms with Crippen molar-refractivity contribution in [3.8, 4) is 11.4 Å². The molecule has 2 amide bonds. The first-order chi connectivity index (χ1) is 15.7. The monoisotopic (exact) mass is 452 g/mol. The molecule has 0 saturated heterocycles. The minimum absolute atomic E-state index is 0.203. The lowest BCUT2D eigenvalue weighted by atomic mass is 10.1. The van der Waals surface area contributed by atoms with Gasteiger partial charge in [0.2, 0.25) is 11.7 Å². The van der Waals surface area contributed by atoms with E-state index in [0.29, 0.717) is 23.7 Å². The summed E-state index contributed by atoms with van der Waals surface area (Å²) >= 11 is 0. The van der Waals surface area contributed by atoms with Crippen molar-refractivity contribution in [2.45, 2.75) is 46.7 Å². The van der Waals surface area contributed by atoms with Crippen molar-refractivity contribution in [3.05, 3.63) is 59.9 Å². The number of hydrogen-bond donors (Lipinski definition) is 1. The molecule has 0 spiro atoms. The Labute approximate surface area is 192 Å². The van der Waals surface area contributed by atoms with E-state index in [2.05, 4.69) is 34.6 Å². The van der Waals surface area contributed by atoms with Crippen LogP contribution in [0.15, 0.2) is 48.5 Å². The summed E-state index contributed by atoms with van der Waals surface area (Å²) in [4.78, 5) is 28.8. The Morgan fingerprint density at radius 1 is 1.12 bits per heavy atom. The zero-order valence-electron chi connectivity index (χ0n) is 19.3. The molecule has 3 aromatic rings. The minimum atomic E-state index is -0.730. The van der Waals surface area contributed by atoms with Gasteiger partial charge in [0.05, 0.1) is 0 Å². The molecule has 1 heterocycles. The van der Waals surface area contributed by atoms with E-state index in [1.54, 1.807) is 25.1 Å². The fourth-order valence-corrected chi connectivity index (χ4v) is 3.33. The van der Waals surface area contributed by atoms with Gasteiger partial charge < -0.3 is 5.32 Å². The molecule has 1 atom stereocenters. The Balaban J connectivity index is 1.79. The van der Waals surface area contributed by atoms with Crippen molar-refractivity contribution in [3.63, 3.8) is 0 Å². The van der Waals surface area contributed by atoms with Gasteiger partial charge in [0.1, 0.15) is 18.4 Å². The van der Waals surface area contributed by atoms with E-state index in [4.69, 9.17) is 0 Å². The summed E-state index contributed by atoms with van der Waals surface area (Å²) in [5.41, 5.74) is 2.17. The highest BCUT2D eigenvalue weighted by molar-refractivity contribution is 6.00. The third kappa shape index (κ3) is 6.44. The highest BCUT2D eigenvalue weighted by Crippen LogP contribution is 2.20. The quantitative estimate of drug-likeness (QED) is 0.537. The fraction of sp³-hybridized carbons (Fsp3) is 0.375. The summed E-state index contributed by atoms with van der Waals surface area (Å²) in [6.45, 7) is 8.14. The molecule has 174 valence electrons. The number of halogens is 1. The summed E-state index contributed by atoms with van der Waals surface area (Å²) < 4.78 is 13.2. The molecule has 0 aliphatic carbocycles. The van der Waals surface area contributed by atoms with E-state index in [0.717, 1.165) is 12.0 Å². The average Bonchev–Trinajstić information content (AvgIpc) is 3.22. The Morgan fingerprint density at radius 2 is 1.85 bits per heavy atom. The number of carbonyl (C=O) groups excluding carboxylic acids is 2. The van der Waals surface area contributed by atoms with Gasteiger partial charge in [-0.3, -0.25) is 14.5 Å². The van der Waals surface area contributed by atoms with Gasteiger partial charge >= 0.3 is 0 Å². The predicted molar refractivity (Wildman–Crippen MR) is 124 cm³/mol. The van der Waals surface area contributed by atoms with Crippen LogP contribution in [0.4, 0.5) is 10.1 Å². The van der Waals surface area contributed by atoms with Crippen LogP contribution in [-0.2, 0) is 16.1 Å². The number of aromatic nitrogens is 4. The van der Waals surface area contributed by atoms with E-state index in [1.165, 1.54) is 21.8 Å². The van der Waals surface area contributed by atoms with Crippen LogP contribution in [0.3, 0.4) is 0 Å². The fourth-order valence-electron chi connectivity index (χ4n) is 3.33. The number of rotatable bonds is 9. The molecule has 0 radical (unpaired) electrons. The Bertz CT molecular complexity index is 1100. The second kappa shape index (κ2) is 10.8. The number of hydrogen-bond acceptors (Lipinski definition) is 5. The van der Waals surface area contributed by atoms with Gasteiger partial charge in [-0.1, -0.05) is 26.0 Å². The van der Waals surface area contributed by atoms with Crippen molar-refractivity contribution in [2.75, 3.05) is 11.4 Å². The molecule has 1 aromatic heterocycles. The number of carbonyl (C=O) groups is 2. The number of anilines is 1. The standard InChI is InChI=1S/C24H29FN6O2/c1-16(2)12-13-26-24(33)18(4)31(21-7-5-6-17(3)14-21)22(32)15-30-28-23(27-29-30)19-8-10-20(25)11-9-19/h5-11,14,16,18H,12-13,15H2,1-4H3,(H,26,33)/t18-/m1/s1. The van der Waals surface area contributed by atoms with Crippen molar-refractivity contribution in [1.82, 2.24) is 25.5 Å². The van der Waals surface area contributed by atoms with E-state index in [9.17, 15) is 14.0 Å². The highest BCUT2D eigenvalue weighted by atomic mass is 19.1. The van der Waals surface area contributed by atoms with Crippen molar-refractivity contribution >= 4 is 17.5 Å². The maximum atomic E-state index is 13.3. The third-order valence-corrected chi connectivity index (χ3v) is 5.17. The maximum Gasteiger partial charge on any atom is 0.251 e. The van der Waals surface area contributed by atoms with Crippen molar-refractivity contribution in [2.24, 2.45) is 5.92 Å². The zero-order chi connectivity index (χ0) is 24.0. The Kier molecular flexibility index (Phi) is 7.87. The number of benzene rings is 2. The van der Waals surface area contributed by atoms with Crippen molar-refractivity contribution in [1.29, 1.82) is 0 Å². The molecule has 0 unspecified atom stereocenters. The third-order valence-electron chi connectivity index (χ3n) is 5.17. The molecule has 1 N–H and O–H groups in total. The van der Waals surface area contributed by atoms with Crippen LogP contribution >= 0.6 is 0 Å². The summed E-state index contributed by atoms with van der Waals surface area (Å²) in [5.74, 6) is -0.205. The topological polar surface area (TPSA) is 93.0 Å². The van der Waals surface area contributed by atoms with Crippen LogP contribution in [0.25, 0.3) is 11.4 Å². The van der Waals surface area contributed by atoms with Gasteiger partial charge in [0, 0.05) is 17.8 Å². The minimum Gasteiger partial charge on any atom is -0.354 e. The highest BCUT2D eigenvalue weighted by Gasteiger charge is 2.28. The Morgan fingerprint density at radius 3 is 2.52 bits per heavy atom. The summed E-state index contributed by atoms with van der Waals surface area (Å²) in [6.07, 6.45) is 0.853. The number of nitrogens with zero attached hydrogens (tertiary/aromatic N) is 5. The lowest BCUT2D eigenvalue weighted by Gasteiger charge is -2.28. The molecule has 3 rings (SSSR count). The molecule has 33 heavy (non-hydrogen) atoms. The molecule has 0 fully saturated rings. The molecule has 8 nitrogen and oxygen atoms in total. The summed E-state index contributed by atoms with van der Waals surface area (Å²) in [5, 5.41) is 15.1. The van der Waals surface area contributed by atoms with E-state index in [1.807, 2.05) is 25.1 Å². The number of nitrogens with one attached hydrogen (secondary N) is 1. The molecule has 0 bridgehead atoms. The van der Waals surface area contributed by atoms with Gasteiger partial charge in [-0.25, -0.2) is 4.39 Å². The van der Waals surface area contributed by atoms with Crippen molar-refractivity contribution < 1.29 is 14.0 Å². The van der Waals surface area contributed by atoms with Crippen LogP contribution in [-0.4, -0.2) is 44.6 Å². The van der Waals surface area contributed by atoms with E-state index in [-0.39, 0.29) is 30.0 Å². The Hall–Kier alpha value is -3.62. The van der Waals surface area contributed by atoms with E-state index < -0.39 is 6.04 Å². The summed E-state index contributed by atoms with van der Waals surface area (Å²) in [6, 6.07) is 12.4. The number of aryl methyl sites for hydroxylation is 1. The van der Waals surface area contributed by atoms with Gasteiger partial charge in [-0.15, -0.1) is 10.2 Å². The zero-order valence-corrected chi connectivity index (χ0v) is 19.3. The predicted octanol–water partition coefficient (Wildman–Crippen LogP) is 3.37. The SMILES string of the molecule is Cc1cccc(N(C(=O)Cn2nnc(-c3ccc(F)cc3)n2)[C@H](C)C(=O)NCCC(C)C)c1. The first-order valence-electron chi connectivity index (χ1n) is 10.9. The van der Waals surface area contributed by atoms with Crippen LogP contribution in [0.5, 0.6) is 0 Å². The largest absolute Gasteiger partial charge is 0.354 e. The normalized spacial score (nSPS) is 11.9. The first-order valence-corrected chi connectivity index (χ1v) is 10.9. The second-order valence-corrected chi connectivity index (χ2v) is 8.40. The van der Waals surface area contributed by atoms with Gasteiger partial charge in [-0.05, 0) is 73.4 Å². The molecule has 0 aliphatic heterocycles. The average molecular weight is 453 g/mol. The first kappa shape index (κ1) is 24.0. The van der Waals surface area contributed by atoms with Crippen LogP contribution < -0.4 is 10.2 Å². The number of tetrazole rings is 1. The molecule has 2 aromatic carbocycles. The maximum absolute atomic E-state index is 13.3. The molecular weight excluding hydrogens is 423 g/mol. The molecule has 0 saturated carbocycles. The number of amides is 2. The van der Waals surface area contributed by atoms with Gasteiger partial charge in [0.25, 0.3) is 5.91 Å². The molecule has 0 aliphatic rings. The lowest BCUT2D eigenvalue weighted by molar-refractivity contribution is -0.126. The van der Waals surface area contributed by atoms with Gasteiger partial charge in [0.15, 0.2) is 0 Å². The van der Waals surface area contributed by atoms with Crippen LogP contribution in [0.2, 0.25) is 0 Å². The molecule has 9 heteroatoms. The summed E-state index contributed by atoms with van der Waals surface area (Å²) in [7, 11) is 0. The second-order valence-electron chi connectivity index (χ2n) is 8.40. The van der Waals surface area contributed by atoms with Crippen LogP contribution in [0, 0.1) is 18.7 Å². The van der Waals surface area contributed by atoms with Crippen LogP contribution in [0.1, 0.15) is 32.8 Å². The molecular formula is C24H29FN6O2. The van der Waals surface area contributed by atoms with E-state index >= 15 is 0 Å². The smallest absolute Gasteiger partial charge is 0.251 e.